The lowest BCUT2D eigenvalue weighted by Crippen LogP contribution is -2.54. The number of nitrogens with zero attached hydrogens (tertiary/aromatic N) is 1. The Bertz CT molecular complexity index is 663. The van der Waals surface area contributed by atoms with Gasteiger partial charge in [-0.2, -0.15) is 0 Å². The molecule has 12 atom stereocenters. The average Bonchev–Trinajstić information content (AvgIpc) is 3.15. The van der Waals surface area contributed by atoms with Crippen LogP contribution in [0.3, 0.4) is 0 Å². The number of hydrogen-bond acceptors (Lipinski definition) is 2. The zero-order valence-corrected chi connectivity index (χ0v) is 19.4. The van der Waals surface area contributed by atoms with Crippen molar-refractivity contribution in [2.24, 2.45) is 52.3 Å². The first-order valence-electron chi connectivity index (χ1n) is 13.3. The molecule has 0 amide bonds. The molecule has 4 aliphatic carbocycles. The average molecular weight is 400 g/mol. The molecule has 0 aromatic heterocycles. The summed E-state index contributed by atoms with van der Waals surface area (Å²) in [5.41, 5.74) is 1.12. The van der Waals surface area contributed by atoms with Crippen LogP contribution in [-0.2, 0) is 0 Å². The van der Waals surface area contributed by atoms with Gasteiger partial charge in [0.2, 0.25) is 0 Å². The molecule has 0 radical (unpaired) electrons. The third-order valence-corrected chi connectivity index (χ3v) is 12.3. The van der Waals surface area contributed by atoms with Crippen LogP contribution in [0.1, 0.15) is 91.9 Å². The Hall–Kier alpha value is -0.0800. The van der Waals surface area contributed by atoms with E-state index < -0.39 is 0 Å². The Labute approximate surface area is 179 Å². The van der Waals surface area contributed by atoms with Gasteiger partial charge < -0.3 is 5.11 Å². The van der Waals surface area contributed by atoms with E-state index in [-0.39, 0.29) is 6.10 Å². The van der Waals surface area contributed by atoms with E-state index in [0.29, 0.717) is 10.8 Å². The van der Waals surface area contributed by atoms with Crippen molar-refractivity contribution >= 4 is 0 Å². The molecule has 2 nitrogen and oxygen atoms in total. The van der Waals surface area contributed by atoms with Gasteiger partial charge in [-0.1, -0.05) is 27.7 Å². The van der Waals surface area contributed by atoms with Crippen LogP contribution in [0.15, 0.2) is 0 Å². The molecule has 2 aliphatic heterocycles. The minimum absolute atomic E-state index is 0.0109. The number of piperidine rings is 1. The summed E-state index contributed by atoms with van der Waals surface area (Å²) in [5.74, 6) is 6.47. The number of hydrogen-bond donors (Lipinski definition) is 1. The highest BCUT2D eigenvalue weighted by atomic mass is 16.3. The Balaban J connectivity index is 1.30. The summed E-state index contributed by atoms with van der Waals surface area (Å²) in [6.45, 7) is 11.9. The summed E-state index contributed by atoms with van der Waals surface area (Å²) >= 11 is 0. The standard InChI is InChI=1S/C27H45NO/c1-16-5-8-23-17(2)25-24(28(23)15-16)14-22-20-7-6-18-13-19(29)9-11-26(18,3)21(20)10-12-27(22,25)4/h16-25,29H,5-15H2,1-4H3/t16-,17+,18?,19-,20?,21?,22?,23?,24?,25-,26-,27-/m0/s1. The summed E-state index contributed by atoms with van der Waals surface area (Å²) in [7, 11) is 0. The van der Waals surface area contributed by atoms with Crippen LogP contribution in [0, 0.1) is 52.3 Å². The number of rotatable bonds is 0. The summed E-state index contributed by atoms with van der Waals surface area (Å²) < 4.78 is 0. The molecule has 2 heterocycles. The van der Waals surface area contributed by atoms with E-state index in [4.69, 9.17) is 0 Å². The highest BCUT2D eigenvalue weighted by molar-refractivity contribution is 5.17. The Kier molecular flexibility index (Phi) is 4.37. The van der Waals surface area contributed by atoms with Crippen molar-refractivity contribution in [3.8, 4) is 0 Å². The van der Waals surface area contributed by atoms with E-state index in [1.165, 1.54) is 57.9 Å². The summed E-state index contributed by atoms with van der Waals surface area (Å²) in [6, 6.07) is 1.79. The van der Waals surface area contributed by atoms with Gasteiger partial charge in [0.1, 0.15) is 0 Å². The fourth-order valence-corrected chi connectivity index (χ4v) is 11.0. The molecule has 0 bridgehead atoms. The molecule has 6 unspecified atom stereocenters. The van der Waals surface area contributed by atoms with E-state index in [1.54, 1.807) is 0 Å². The third kappa shape index (κ3) is 2.54. The molecule has 6 fully saturated rings. The van der Waals surface area contributed by atoms with Gasteiger partial charge in [-0.25, -0.2) is 0 Å². The van der Waals surface area contributed by atoms with Crippen LogP contribution in [0.2, 0.25) is 0 Å². The van der Waals surface area contributed by atoms with Crippen molar-refractivity contribution < 1.29 is 5.11 Å². The van der Waals surface area contributed by atoms with Crippen molar-refractivity contribution in [2.75, 3.05) is 6.54 Å². The van der Waals surface area contributed by atoms with Gasteiger partial charge in [0.05, 0.1) is 6.10 Å². The van der Waals surface area contributed by atoms with Crippen LogP contribution in [0.25, 0.3) is 0 Å². The second kappa shape index (κ2) is 6.47. The zero-order chi connectivity index (χ0) is 20.1. The number of aliphatic hydroxyl groups is 1. The minimum Gasteiger partial charge on any atom is -0.393 e. The highest BCUT2D eigenvalue weighted by Crippen LogP contribution is 2.70. The Morgan fingerprint density at radius 2 is 1.59 bits per heavy atom. The van der Waals surface area contributed by atoms with Gasteiger partial charge in [-0.3, -0.25) is 4.90 Å². The molecule has 0 aromatic carbocycles. The molecule has 2 heteroatoms. The van der Waals surface area contributed by atoms with E-state index in [9.17, 15) is 5.11 Å². The molecule has 164 valence electrons. The fourth-order valence-electron chi connectivity index (χ4n) is 11.0. The van der Waals surface area contributed by atoms with Gasteiger partial charge in [-0.15, -0.1) is 0 Å². The van der Waals surface area contributed by atoms with Crippen LogP contribution in [0.4, 0.5) is 0 Å². The maximum absolute atomic E-state index is 10.3. The van der Waals surface area contributed by atoms with Gasteiger partial charge in [0.25, 0.3) is 0 Å². The quantitative estimate of drug-likeness (QED) is 0.562. The van der Waals surface area contributed by atoms with E-state index in [2.05, 4.69) is 32.6 Å². The van der Waals surface area contributed by atoms with E-state index >= 15 is 0 Å². The summed E-state index contributed by atoms with van der Waals surface area (Å²) in [6.07, 6.45) is 13.7. The van der Waals surface area contributed by atoms with Crippen molar-refractivity contribution in [2.45, 2.75) is 110 Å². The molecule has 6 aliphatic rings. The molecule has 0 spiro atoms. The largest absolute Gasteiger partial charge is 0.393 e. The van der Waals surface area contributed by atoms with Gasteiger partial charge in [0, 0.05) is 18.6 Å². The second-order valence-corrected chi connectivity index (χ2v) is 13.3. The first-order chi connectivity index (χ1) is 13.8. The van der Waals surface area contributed by atoms with E-state index in [0.717, 1.165) is 66.4 Å². The van der Waals surface area contributed by atoms with Gasteiger partial charge >= 0.3 is 0 Å². The molecular formula is C27H45NO. The maximum Gasteiger partial charge on any atom is 0.0543 e. The zero-order valence-electron chi connectivity index (χ0n) is 19.4. The monoisotopic (exact) mass is 399 g/mol. The fraction of sp³-hybridized carbons (Fsp3) is 1.00. The first kappa shape index (κ1) is 19.6. The number of fused-ring (bicyclic) bond motifs is 9. The molecule has 0 aromatic rings. The summed E-state index contributed by atoms with van der Waals surface area (Å²) in [4.78, 5) is 3.03. The SMILES string of the molecule is C[C@H]1CCC2[C@@H](C)[C@H]3C(CC4C5CCC6C[C@@H](O)CC[C@]6(C)C5CC[C@@]43C)N2C1. The van der Waals surface area contributed by atoms with Gasteiger partial charge in [-0.05, 0) is 116 Å². The molecular weight excluding hydrogens is 354 g/mol. The topological polar surface area (TPSA) is 23.5 Å². The molecule has 6 rings (SSSR count). The van der Waals surface area contributed by atoms with Crippen LogP contribution in [0.5, 0.6) is 0 Å². The maximum atomic E-state index is 10.3. The third-order valence-electron chi connectivity index (χ3n) is 12.3. The normalized spacial score (nSPS) is 62.0. The first-order valence-corrected chi connectivity index (χ1v) is 13.3. The Morgan fingerprint density at radius 3 is 2.41 bits per heavy atom. The predicted octanol–water partition coefficient (Wildman–Crippen LogP) is 5.73. The lowest BCUT2D eigenvalue weighted by Gasteiger charge is -2.61. The van der Waals surface area contributed by atoms with Crippen LogP contribution < -0.4 is 0 Å². The lowest BCUT2D eigenvalue weighted by molar-refractivity contribution is -0.129. The highest BCUT2D eigenvalue weighted by Gasteiger charge is 2.66. The van der Waals surface area contributed by atoms with Crippen molar-refractivity contribution in [3.63, 3.8) is 0 Å². The van der Waals surface area contributed by atoms with Crippen molar-refractivity contribution in [3.05, 3.63) is 0 Å². The Morgan fingerprint density at radius 1 is 0.793 bits per heavy atom. The summed E-state index contributed by atoms with van der Waals surface area (Å²) in [5, 5.41) is 10.3. The second-order valence-electron chi connectivity index (χ2n) is 13.3. The predicted molar refractivity (Wildman–Crippen MR) is 118 cm³/mol. The molecule has 29 heavy (non-hydrogen) atoms. The molecule has 4 saturated carbocycles. The lowest BCUT2D eigenvalue weighted by atomic mass is 9.44. The number of aliphatic hydroxyl groups excluding tert-OH is 1. The van der Waals surface area contributed by atoms with E-state index in [1.807, 2.05) is 0 Å². The van der Waals surface area contributed by atoms with Crippen molar-refractivity contribution in [1.29, 1.82) is 0 Å². The molecule has 1 N–H and O–H groups in total. The van der Waals surface area contributed by atoms with Crippen LogP contribution in [-0.4, -0.2) is 34.7 Å². The van der Waals surface area contributed by atoms with Crippen LogP contribution >= 0.6 is 0 Å². The molecule has 2 saturated heterocycles. The minimum atomic E-state index is -0.0109. The smallest absolute Gasteiger partial charge is 0.0543 e. The van der Waals surface area contributed by atoms with Gasteiger partial charge in [0.15, 0.2) is 0 Å². The van der Waals surface area contributed by atoms with Crippen molar-refractivity contribution in [1.82, 2.24) is 4.90 Å².